The number of aryl methyl sites for hydroxylation is 1. The fourth-order valence-electron chi connectivity index (χ4n) is 1.58. The molecule has 1 aromatic rings. The van der Waals surface area contributed by atoms with Gasteiger partial charge in [0.25, 0.3) is 0 Å². The van der Waals surface area contributed by atoms with E-state index in [0.29, 0.717) is 6.61 Å². The Kier molecular flexibility index (Phi) is 4.24. The zero-order chi connectivity index (χ0) is 12.2. The predicted octanol–water partition coefficient (Wildman–Crippen LogP) is 2.49. The first-order chi connectivity index (χ1) is 7.55. The summed E-state index contributed by atoms with van der Waals surface area (Å²) in [5.74, 6) is 1.59. The van der Waals surface area contributed by atoms with Crippen LogP contribution >= 0.6 is 0 Å². The topological polar surface area (TPSA) is 47.0 Å². The minimum Gasteiger partial charge on any atom is -0.373 e. The molecule has 0 bridgehead atoms. The molecular weight excluding hydrogens is 202 g/mol. The lowest BCUT2D eigenvalue weighted by atomic mass is 10.0. The highest BCUT2D eigenvalue weighted by atomic mass is 16.5. The van der Waals surface area contributed by atoms with Gasteiger partial charge >= 0.3 is 0 Å². The van der Waals surface area contributed by atoms with Crippen LogP contribution in [-0.2, 0) is 10.3 Å². The van der Waals surface area contributed by atoms with Crippen molar-refractivity contribution in [3.05, 3.63) is 17.6 Å². The fourth-order valence-corrected chi connectivity index (χ4v) is 1.58. The molecule has 16 heavy (non-hydrogen) atoms. The van der Waals surface area contributed by atoms with Crippen molar-refractivity contribution in [3.8, 4) is 0 Å². The molecule has 0 spiro atoms. The van der Waals surface area contributed by atoms with Gasteiger partial charge in [-0.2, -0.15) is 0 Å². The number of ether oxygens (including phenoxy) is 1. The SMILES string of the molecule is CCOC(C)(CC)c1nc(C)cc(NC)n1. The summed E-state index contributed by atoms with van der Waals surface area (Å²) in [7, 11) is 1.86. The van der Waals surface area contributed by atoms with Crippen molar-refractivity contribution in [1.82, 2.24) is 9.97 Å². The van der Waals surface area contributed by atoms with Gasteiger partial charge in [0, 0.05) is 25.4 Å². The molecular formula is C12H21N3O. The summed E-state index contributed by atoms with van der Waals surface area (Å²) in [6.45, 7) is 8.73. The van der Waals surface area contributed by atoms with Crippen LogP contribution in [0.5, 0.6) is 0 Å². The third kappa shape index (κ3) is 2.70. The molecule has 0 saturated carbocycles. The van der Waals surface area contributed by atoms with E-state index in [9.17, 15) is 0 Å². The van der Waals surface area contributed by atoms with Gasteiger partial charge in [-0.3, -0.25) is 0 Å². The van der Waals surface area contributed by atoms with E-state index in [1.54, 1.807) is 0 Å². The van der Waals surface area contributed by atoms with E-state index in [2.05, 4.69) is 22.2 Å². The first kappa shape index (κ1) is 12.9. The molecule has 4 nitrogen and oxygen atoms in total. The van der Waals surface area contributed by atoms with Gasteiger partial charge in [-0.15, -0.1) is 0 Å². The summed E-state index contributed by atoms with van der Waals surface area (Å²) in [4.78, 5) is 8.93. The number of nitrogens with one attached hydrogen (secondary N) is 1. The lowest BCUT2D eigenvalue weighted by Gasteiger charge is -2.27. The van der Waals surface area contributed by atoms with Crippen molar-refractivity contribution in [1.29, 1.82) is 0 Å². The second-order valence-corrected chi connectivity index (χ2v) is 3.99. The van der Waals surface area contributed by atoms with E-state index in [-0.39, 0.29) is 0 Å². The molecule has 1 rings (SSSR count). The average Bonchev–Trinajstić information content (AvgIpc) is 2.28. The van der Waals surface area contributed by atoms with E-state index >= 15 is 0 Å². The lowest BCUT2D eigenvalue weighted by molar-refractivity contribution is -0.0390. The zero-order valence-corrected chi connectivity index (χ0v) is 10.8. The van der Waals surface area contributed by atoms with Crippen molar-refractivity contribution in [2.45, 2.75) is 39.7 Å². The molecule has 0 aliphatic heterocycles. The second-order valence-electron chi connectivity index (χ2n) is 3.99. The number of aromatic nitrogens is 2. The van der Waals surface area contributed by atoms with Crippen LogP contribution in [0.4, 0.5) is 5.82 Å². The van der Waals surface area contributed by atoms with Gasteiger partial charge in [-0.05, 0) is 27.2 Å². The molecule has 0 aliphatic rings. The standard InChI is InChI=1S/C12H21N3O/c1-6-12(4,16-7-2)11-14-9(3)8-10(13-5)15-11/h8H,6-7H2,1-5H3,(H,13,14,15). The minimum atomic E-state index is -0.396. The van der Waals surface area contributed by atoms with Crippen LogP contribution in [0.15, 0.2) is 6.07 Å². The molecule has 4 heteroatoms. The number of hydrogen-bond donors (Lipinski definition) is 1. The predicted molar refractivity (Wildman–Crippen MR) is 65.6 cm³/mol. The molecule has 1 atom stereocenters. The molecule has 1 aromatic heterocycles. The largest absolute Gasteiger partial charge is 0.373 e. The van der Waals surface area contributed by atoms with Crippen LogP contribution in [0.1, 0.15) is 38.7 Å². The van der Waals surface area contributed by atoms with Crippen LogP contribution in [0, 0.1) is 6.92 Å². The quantitative estimate of drug-likeness (QED) is 0.833. The molecule has 0 aliphatic carbocycles. The Morgan fingerprint density at radius 1 is 1.38 bits per heavy atom. The van der Waals surface area contributed by atoms with Crippen molar-refractivity contribution >= 4 is 5.82 Å². The molecule has 0 fully saturated rings. The van der Waals surface area contributed by atoms with Crippen molar-refractivity contribution in [2.75, 3.05) is 19.0 Å². The summed E-state index contributed by atoms with van der Waals surface area (Å²) >= 11 is 0. The van der Waals surface area contributed by atoms with Crippen molar-refractivity contribution in [3.63, 3.8) is 0 Å². The van der Waals surface area contributed by atoms with Gasteiger partial charge in [-0.1, -0.05) is 6.92 Å². The fraction of sp³-hybridized carbons (Fsp3) is 0.667. The minimum absolute atomic E-state index is 0.396. The molecule has 0 amide bonds. The van der Waals surface area contributed by atoms with Crippen LogP contribution in [0.2, 0.25) is 0 Å². The van der Waals surface area contributed by atoms with Crippen LogP contribution in [0.3, 0.4) is 0 Å². The number of anilines is 1. The first-order valence-electron chi connectivity index (χ1n) is 5.73. The van der Waals surface area contributed by atoms with Gasteiger partial charge in [0.1, 0.15) is 11.4 Å². The Balaban J connectivity index is 3.13. The van der Waals surface area contributed by atoms with E-state index in [4.69, 9.17) is 4.74 Å². The summed E-state index contributed by atoms with van der Waals surface area (Å²) in [6, 6.07) is 1.92. The van der Waals surface area contributed by atoms with Crippen LogP contribution < -0.4 is 5.32 Å². The molecule has 90 valence electrons. The van der Waals surface area contributed by atoms with E-state index in [1.807, 2.05) is 33.9 Å². The maximum absolute atomic E-state index is 5.77. The van der Waals surface area contributed by atoms with Gasteiger partial charge in [-0.25, -0.2) is 9.97 Å². The number of rotatable bonds is 5. The number of nitrogens with zero attached hydrogens (tertiary/aromatic N) is 2. The Bertz CT molecular complexity index is 354. The Morgan fingerprint density at radius 2 is 2.06 bits per heavy atom. The molecule has 0 radical (unpaired) electrons. The molecule has 0 aromatic carbocycles. The first-order valence-corrected chi connectivity index (χ1v) is 5.73. The summed E-state index contributed by atoms with van der Waals surface area (Å²) in [6.07, 6.45) is 0.855. The third-order valence-corrected chi connectivity index (χ3v) is 2.72. The Labute approximate surface area is 97.5 Å². The van der Waals surface area contributed by atoms with Crippen LogP contribution in [-0.4, -0.2) is 23.6 Å². The maximum Gasteiger partial charge on any atom is 0.162 e. The maximum atomic E-state index is 5.77. The smallest absolute Gasteiger partial charge is 0.162 e. The number of hydrogen-bond acceptors (Lipinski definition) is 4. The summed E-state index contributed by atoms with van der Waals surface area (Å²) in [5, 5.41) is 3.04. The van der Waals surface area contributed by atoms with Gasteiger partial charge < -0.3 is 10.1 Å². The van der Waals surface area contributed by atoms with E-state index < -0.39 is 5.60 Å². The lowest BCUT2D eigenvalue weighted by Crippen LogP contribution is -2.28. The highest BCUT2D eigenvalue weighted by Crippen LogP contribution is 2.27. The molecule has 0 saturated heterocycles. The molecule has 1 heterocycles. The second kappa shape index (κ2) is 5.25. The monoisotopic (exact) mass is 223 g/mol. The van der Waals surface area contributed by atoms with Gasteiger partial charge in [0.05, 0.1) is 0 Å². The van der Waals surface area contributed by atoms with Gasteiger partial charge in [0.2, 0.25) is 0 Å². The highest BCUT2D eigenvalue weighted by Gasteiger charge is 2.28. The highest BCUT2D eigenvalue weighted by molar-refractivity contribution is 5.35. The van der Waals surface area contributed by atoms with Crippen LogP contribution in [0.25, 0.3) is 0 Å². The van der Waals surface area contributed by atoms with E-state index in [0.717, 1.165) is 23.8 Å². The summed E-state index contributed by atoms with van der Waals surface area (Å²) < 4.78 is 5.77. The normalized spacial score (nSPS) is 14.6. The van der Waals surface area contributed by atoms with E-state index in [1.165, 1.54) is 0 Å². The average molecular weight is 223 g/mol. The molecule has 1 N–H and O–H groups in total. The van der Waals surface area contributed by atoms with Crippen molar-refractivity contribution < 1.29 is 4.74 Å². The van der Waals surface area contributed by atoms with Gasteiger partial charge in [0.15, 0.2) is 5.82 Å². The Hall–Kier alpha value is -1.16. The van der Waals surface area contributed by atoms with Crippen molar-refractivity contribution in [2.24, 2.45) is 0 Å². The summed E-state index contributed by atoms with van der Waals surface area (Å²) in [5.41, 5.74) is 0.556. The Morgan fingerprint density at radius 3 is 2.56 bits per heavy atom. The molecule has 1 unspecified atom stereocenters. The third-order valence-electron chi connectivity index (χ3n) is 2.72. The zero-order valence-electron chi connectivity index (χ0n) is 10.8.